The van der Waals surface area contributed by atoms with Crippen LogP contribution >= 0.6 is 23.2 Å². The molecule has 3 aliphatic heterocycles. The summed E-state index contributed by atoms with van der Waals surface area (Å²) in [7, 11) is 0. The van der Waals surface area contributed by atoms with Crippen LogP contribution in [0.15, 0.2) is 30.3 Å². The van der Waals surface area contributed by atoms with E-state index >= 15 is 0 Å². The van der Waals surface area contributed by atoms with Crippen molar-refractivity contribution in [3.63, 3.8) is 0 Å². The fourth-order valence-electron chi connectivity index (χ4n) is 8.89. The Kier molecular flexibility index (Phi) is 4.22. The summed E-state index contributed by atoms with van der Waals surface area (Å²) < 4.78 is 6.57. The van der Waals surface area contributed by atoms with Gasteiger partial charge in [0.1, 0.15) is 6.10 Å². The second-order valence-electron chi connectivity index (χ2n) is 11.8. The summed E-state index contributed by atoms with van der Waals surface area (Å²) >= 11 is 12.2. The number of rotatable bonds is 4. The van der Waals surface area contributed by atoms with E-state index in [0.29, 0.717) is 40.6 Å². The van der Waals surface area contributed by atoms with Gasteiger partial charge < -0.3 is 20.3 Å². The molecule has 4 fully saturated rings. The predicted molar refractivity (Wildman–Crippen MR) is 135 cm³/mol. The van der Waals surface area contributed by atoms with Gasteiger partial charge in [-0.25, -0.2) is 0 Å². The van der Waals surface area contributed by atoms with Gasteiger partial charge >= 0.3 is 0 Å². The lowest BCUT2D eigenvalue weighted by Gasteiger charge is -2.61. The number of aliphatic hydroxyl groups is 1. The topological polar surface area (TPSA) is 81.8 Å². The molecule has 188 valence electrons. The highest BCUT2D eigenvalue weighted by Crippen LogP contribution is 2.75. The maximum absolute atomic E-state index is 13.2. The molecule has 8 rings (SSSR count). The molecule has 36 heavy (non-hydrogen) atoms. The highest BCUT2D eigenvalue weighted by molar-refractivity contribution is 6.42. The molecule has 6 aliphatic rings. The largest absolute Gasteiger partial charge is 0.504 e. The zero-order valence-corrected chi connectivity index (χ0v) is 21.3. The van der Waals surface area contributed by atoms with Gasteiger partial charge in [0.05, 0.1) is 39.1 Å². The van der Waals surface area contributed by atoms with Gasteiger partial charge in [0.2, 0.25) is 5.91 Å². The summed E-state index contributed by atoms with van der Waals surface area (Å²) in [6, 6.07) is 9.16. The van der Waals surface area contributed by atoms with Crippen molar-refractivity contribution in [3.8, 4) is 11.5 Å². The Balaban J connectivity index is 1.17. The zero-order chi connectivity index (χ0) is 24.6. The SMILES string of the molecule is O=C(Cc1ccc(Cl)c(Cl)c1)N[C@H]1CC[C@]2(O)[C@@]34CCN5C(C6CC6)[C@]52Cc2ccc(O)c(c23)O[C@@H]14. The highest BCUT2D eigenvalue weighted by Gasteiger charge is 2.87. The Bertz CT molecular complexity index is 1350. The highest BCUT2D eigenvalue weighted by atomic mass is 35.5. The first-order valence-corrected chi connectivity index (χ1v) is 13.8. The molecule has 2 saturated heterocycles. The monoisotopic (exact) mass is 526 g/mol. The Morgan fingerprint density at radius 1 is 1.14 bits per heavy atom. The molecule has 2 spiro atoms. The lowest BCUT2D eigenvalue weighted by Crippen LogP contribution is -2.77. The number of hydrogen-bond acceptors (Lipinski definition) is 5. The summed E-state index contributed by atoms with van der Waals surface area (Å²) in [5, 5.41) is 27.7. The third-order valence-electron chi connectivity index (χ3n) is 10.3. The molecule has 2 unspecified atom stereocenters. The van der Waals surface area contributed by atoms with Crippen LogP contribution in [0.3, 0.4) is 0 Å². The van der Waals surface area contributed by atoms with Crippen LogP contribution in [0.2, 0.25) is 10.0 Å². The van der Waals surface area contributed by atoms with Gasteiger partial charge in [0.25, 0.3) is 0 Å². The van der Waals surface area contributed by atoms with Crippen LogP contribution in [0.1, 0.15) is 48.8 Å². The lowest BCUT2D eigenvalue weighted by atomic mass is 9.46. The lowest BCUT2D eigenvalue weighted by molar-refractivity contribution is -0.172. The van der Waals surface area contributed by atoms with Crippen molar-refractivity contribution in [2.45, 2.75) is 79.7 Å². The van der Waals surface area contributed by atoms with E-state index in [9.17, 15) is 15.0 Å². The van der Waals surface area contributed by atoms with Crippen molar-refractivity contribution in [1.82, 2.24) is 10.2 Å². The third-order valence-corrected chi connectivity index (χ3v) is 11.0. The summed E-state index contributed by atoms with van der Waals surface area (Å²) in [6.45, 7) is 0.918. The van der Waals surface area contributed by atoms with Gasteiger partial charge in [0, 0.05) is 18.2 Å². The number of carbonyl (C=O) groups excluding carboxylic acids is 1. The minimum Gasteiger partial charge on any atom is -0.504 e. The van der Waals surface area contributed by atoms with E-state index in [2.05, 4.69) is 10.2 Å². The van der Waals surface area contributed by atoms with Crippen LogP contribution in [0, 0.1) is 5.92 Å². The number of aromatic hydroxyl groups is 1. The van der Waals surface area contributed by atoms with E-state index in [-0.39, 0.29) is 29.7 Å². The number of nitrogens with zero attached hydrogens (tertiary/aromatic N) is 1. The van der Waals surface area contributed by atoms with Gasteiger partial charge in [-0.1, -0.05) is 35.3 Å². The van der Waals surface area contributed by atoms with Gasteiger partial charge in [0.15, 0.2) is 11.5 Å². The minimum absolute atomic E-state index is 0.116. The molecule has 7 atom stereocenters. The Labute approximate surface area is 219 Å². The van der Waals surface area contributed by atoms with E-state index in [4.69, 9.17) is 27.9 Å². The van der Waals surface area contributed by atoms with Gasteiger partial charge in [-0.2, -0.15) is 0 Å². The molecule has 0 radical (unpaired) electrons. The van der Waals surface area contributed by atoms with Crippen molar-refractivity contribution in [1.29, 1.82) is 0 Å². The molecule has 2 bridgehead atoms. The van der Waals surface area contributed by atoms with E-state index in [1.807, 2.05) is 12.1 Å². The van der Waals surface area contributed by atoms with E-state index in [0.717, 1.165) is 30.5 Å². The average Bonchev–Trinajstić information content (AvgIpc) is 3.73. The number of phenols is 1. The Morgan fingerprint density at radius 3 is 2.75 bits per heavy atom. The van der Waals surface area contributed by atoms with Crippen LogP contribution in [-0.2, 0) is 23.1 Å². The molecule has 6 nitrogen and oxygen atoms in total. The molecule has 8 heteroatoms. The Morgan fingerprint density at radius 2 is 1.97 bits per heavy atom. The van der Waals surface area contributed by atoms with Crippen molar-refractivity contribution < 1.29 is 19.7 Å². The summed E-state index contributed by atoms with van der Waals surface area (Å²) in [5.41, 5.74) is 1.14. The second kappa shape index (κ2) is 6.90. The van der Waals surface area contributed by atoms with Crippen LogP contribution < -0.4 is 10.1 Å². The summed E-state index contributed by atoms with van der Waals surface area (Å²) in [6.07, 6.45) is 5.06. The maximum atomic E-state index is 13.2. The molecular weight excluding hydrogens is 499 g/mol. The minimum atomic E-state index is -0.937. The van der Waals surface area contributed by atoms with Crippen molar-refractivity contribution in [3.05, 3.63) is 57.1 Å². The van der Waals surface area contributed by atoms with Crippen molar-refractivity contribution in [2.24, 2.45) is 5.92 Å². The number of amides is 1. The van der Waals surface area contributed by atoms with Gasteiger partial charge in [-0.15, -0.1) is 0 Å². The molecule has 2 aromatic rings. The fourth-order valence-corrected chi connectivity index (χ4v) is 9.21. The molecule has 2 aromatic carbocycles. The second-order valence-corrected chi connectivity index (χ2v) is 12.6. The molecule has 0 aromatic heterocycles. The van der Waals surface area contributed by atoms with Crippen molar-refractivity contribution >= 4 is 29.1 Å². The van der Waals surface area contributed by atoms with E-state index in [1.54, 1.807) is 18.2 Å². The normalized spacial score (nSPS) is 40.6. The smallest absolute Gasteiger partial charge is 0.224 e. The number of phenolic OH excluding ortho intramolecular Hbond substituents is 1. The molecular formula is C28H28Cl2N2O4. The number of carbonyl (C=O) groups is 1. The predicted octanol–water partition coefficient (Wildman–Crippen LogP) is 3.74. The van der Waals surface area contributed by atoms with E-state index in [1.165, 1.54) is 18.4 Å². The van der Waals surface area contributed by atoms with Crippen LogP contribution in [0.5, 0.6) is 11.5 Å². The zero-order valence-electron chi connectivity index (χ0n) is 19.8. The first kappa shape index (κ1) is 22.0. The fraction of sp³-hybridized carbons (Fsp3) is 0.536. The van der Waals surface area contributed by atoms with Gasteiger partial charge in [-0.3, -0.25) is 9.69 Å². The molecule has 3 aliphatic carbocycles. The van der Waals surface area contributed by atoms with Gasteiger partial charge in [-0.05, 0) is 73.8 Å². The van der Waals surface area contributed by atoms with E-state index < -0.39 is 17.1 Å². The first-order valence-electron chi connectivity index (χ1n) is 13.0. The summed E-state index contributed by atoms with van der Waals surface area (Å²) in [5.74, 6) is 1.18. The molecule has 1 amide bonds. The van der Waals surface area contributed by atoms with Crippen molar-refractivity contribution in [2.75, 3.05) is 6.54 Å². The number of benzene rings is 2. The number of piperidine rings is 1. The Hall–Kier alpha value is -1.99. The summed E-state index contributed by atoms with van der Waals surface area (Å²) in [4.78, 5) is 15.7. The molecule has 3 heterocycles. The quantitative estimate of drug-likeness (QED) is 0.528. The standard InChI is InChI=1S/C28H28Cl2N2O4/c29-17-5-1-14(11-18(17)30)12-21(34)31-19-7-8-28(35)26-9-10-32-24(15-2-3-15)27(28,32)13-16-4-6-20(33)23(22(16)26)36-25(19)26/h1,4-6,11,15,19,24-25,33,35H,2-3,7-10,12-13H2,(H,31,34)/t19-,24?,25-,26-,27-,28-,32?/m0/s1. The number of nitrogens with one attached hydrogen (secondary N) is 1. The number of halogens is 2. The van der Waals surface area contributed by atoms with Crippen LogP contribution in [0.25, 0.3) is 0 Å². The number of ether oxygens (including phenoxy) is 1. The third kappa shape index (κ3) is 2.45. The molecule has 3 N–H and O–H groups in total. The maximum Gasteiger partial charge on any atom is 0.224 e. The average molecular weight is 527 g/mol. The number of hydrogen-bond donors (Lipinski definition) is 3. The van der Waals surface area contributed by atoms with Crippen LogP contribution in [0.4, 0.5) is 0 Å². The first-order chi connectivity index (χ1) is 17.3. The van der Waals surface area contributed by atoms with Crippen LogP contribution in [-0.4, -0.2) is 56.9 Å². The molecule has 2 saturated carbocycles.